The molecule has 0 fully saturated rings. The van der Waals surface area contributed by atoms with Crippen LogP contribution in [0.1, 0.15) is 41.3 Å². The average molecular weight is 360 g/mol. The van der Waals surface area contributed by atoms with E-state index in [1.807, 2.05) is 62.4 Å². The third-order valence-corrected chi connectivity index (χ3v) is 4.51. The molecule has 0 amide bonds. The van der Waals surface area contributed by atoms with Crippen LogP contribution >= 0.6 is 0 Å². The summed E-state index contributed by atoms with van der Waals surface area (Å²) in [5, 5.41) is 13.5. The van der Waals surface area contributed by atoms with Crippen LogP contribution in [0.15, 0.2) is 54.7 Å². The van der Waals surface area contributed by atoms with Gasteiger partial charge in [0.1, 0.15) is 0 Å². The van der Waals surface area contributed by atoms with Crippen LogP contribution in [-0.2, 0) is 0 Å². The maximum Gasteiger partial charge on any atom is 0.166 e. The van der Waals surface area contributed by atoms with Crippen molar-refractivity contribution in [2.24, 2.45) is 0 Å². The minimum atomic E-state index is -0.0300. The molecule has 0 unspecified atom stereocenters. The molecule has 4 heteroatoms. The molecule has 1 aromatic heterocycles. The summed E-state index contributed by atoms with van der Waals surface area (Å²) in [7, 11) is 0. The van der Waals surface area contributed by atoms with Gasteiger partial charge in [0.2, 0.25) is 0 Å². The monoisotopic (exact) mass is 360 g/mol. The van der Waals surface area contributed by atoms with E-state index in [-0.39, 0.29) is 12.4 Å². The number of aromatic nitrogens is 1. The van der Waals surface area contributed by atoms with Crippen LogP contribution in [0.2, 0.25) is 0 Å². The minimum Gasteiger partial charge on any atom is -0.392 e. The van der Waals surface area contributed by atoms with Gasteiger partial charge in [-0.3, -0.25) is 9.78 Å². The first-order chi connectivity index (χ1) is 13.2. The number of nitrogens with one attached hydrogen (secondary N) is 1. The lowest BCUT2D eigenvalue weighted by Crippen LogP contribution is -2.06. The SMILES string of the molecule is CCCC(=O)c1cnc2c(/C=C/CO)cccc2c1Nc1ccccc1C. The molecule has 0 bridgehead atoms. The standard InChI is InChI=1S/C23H24N2O2/c1-3-8-21(27)19-15-24-22-17(11-7-14-26)10-6-12-18(22)23(19)25-20-13-5-4-9-16(20)2/h4-7,9-13,15,26H,3,8,14H2,1-2H3,(H,24,25)/b11-7+. The van der Waals surface area contributed by atoms with Crippen LogP contribution in [0.3, 0.4) is 0 Å². The summed E-state index contributed by atoms with van der Waals surface area (Å²) in [6.07, 6.45) is 6.47. The Morgan fingerprint density at radius 2 is 2.00 bits per heavy atom. The van der Waals surface area contributed by atoms with Crippen LogP contribution in [0.25, 0.3) is 17.0 Å². The summed E-state index contributed by atoms with van der Waals surface area (Å²) in [5.41, 5.74) is 5.16. The lowest BCUT2D eigenvalue weighted by Gasteiger charge is -2.16. The van der Waals surface area contributed by atoms with Crippen molar-refractivity contribution < 1.29 is 9.90 Å². The molecule has 0 aliphatic rings. The van der Waals surface area contributed by atoms with E-state index in [1.165, 1.54) is 0 Å². The van der Waals surface area contributed by atoms with E-state index in [9.17, 15) is 4.79 Å². The molecular formula is C23H24N2O2. The lowest BCUT2D eigenvalue weighted by molar-refractivity contribution is 0.0982. The third kappa shape index (κ3) is 4.07. The zero-order valence-electron chi connectivity index (χ0n) is 15.7. The molecule has 4 nitrogen and oxygen atoms in total. The highest BCUT2D eigenvalue weighted by Crippen LogP contribution is 2.33. The molecule has 3 aromatic rings. The number of pyridine rings is 1. The Hall–Kier alpha value is -2.98. The normalized spacial score (nSPS) is 11.2. The number of ketones is 1. The number of aliphatic hydroxyl groups is 1. The molecule has 0 aliphatic carbocycles. The topological polar surface area (TPSA) is 62.2 Å². The van der Waals surface area contributed by atoms with Crippen molar-refractivity contribution in [2.45, 2.75) is 26.7 Å². The molecule has 0 saturated heterocycles. The van der Waals surface area contributed by atoms with E-state index in [2.05, 4.69) is 10.3 Å². The van der Waals surface area contributed by atoms with E-state index in [0.717, 1.165) is 39.8 Å². The molecule has 0 spiro atoms. The van der Waals surface area contributed by atoms with E-state index in [0.29, 0.717) is 12.0 Å². The number of carbonyl (C=O) groups excluding carboxylic acids is 1. The number of anilines is 2. The van der Waals surface area contributed by atoms with Gasteiger partial charge in [0.15, 0.2) is 5.78 Å². The molecule has 2 N–H and O–H groups in total. The van der Waals surface area contributed by atoms with Gasteiger partial charge < -0.3 is 10.4 Å². The molecule has 2 aromatic carbocycles. The van der Waals surface area contributed by atoms with Crippen molar-refractivity contribution in [1.29, 1.82) is 0 Å². The molecule has 0 saturated carbocycles. The summed E-state index contributed by atoms with van der Waals surface area (Å²) >= 11 is 0. The van der Waals surface area contributed by atoms with Gasteiger partial charge in [0, 0.05) is 29.3 Å². The molecule has 1 heterocycles. The number of aryl methyl sites for hydroxylation is 1. The zero-order valence-corrected chi connectivity index (χ0v) is 15.7. The second-order valence-electron chi connectivity index (χ2n) is 6.49. The number of carbonyl (C=O) groups is 1. The van der Waals surface area contributed by atoms with Crippen LogP contribution in [0, 0.1) is 6.92 Å². The molecule has 0 atom stereocenters. The first-order valence-corrected chi connectivity index (χ1v) is 9.20. The molecule has 0 radical (unpaired) electrons. The Balaban J connectivity index is 2.21. The van der Waals surface area contributed by atoms with Gasteiger partial charge in [0.25, 0.3) is 0 Å². The first kappa shape index (κ1) is 18.8. The van der Waals surface area contributed by atoms with Crippen LogP contribution in [-0.4, -0.2) is 22.5 Å². The lowest BCUT2D eigenvalue weighted by atomic mass is 10.0. The van der Waals surface area contributed by atoms with E-state index in [1.54, 1.807) is 12.3 Å². The summed E-state index contributed by atoms with van der Waals surface area (Å²) in [6.45, 7) is 4.01. The second-order valence-corrected chi connectivity index (χ2v) is 6.49. The number of fused-ring (bicyclic) bond motifs is 1. The molecule has 3 rings (SSSR count). The van der Waals surface area contributed by atoms with Gasteiger partial charge in [-0.1, -0.05) is 55.5 Å². The van der Waals surface area contributed by atoms with Crippen molar-refractivity contribution in [3.63, 3.8) is 0 Å². The summed E-state index contributed by atoms with van der Waals surface area (Å²) in [6, 6.07) is 13.9. The number of para-hydroxylation sites is 2. The largest absolute Gasteiger partial charge is 0.392 e. The maximum atomic E-state index is 12.7. The molecular weight excluding hydrogens is 336 g/mol. The Morgan fingerprint density at radius 1 is 1.19 bits per heavy atom. The van der Waals surface area contributed by atoms with Crippen LogP contribution in [0.4, 0.5) is 11.4 Å². The third-order valence-electron chi connectivity index (χ3n) is 4.51. The van der Waals surface area contributed by atoms with Crippen molar-refractivity contribution in [2.75, 3.05) is 11.9 Å². The Morgan fingerprint density at radius 3 is 2.74 bits per heavy atom. The van der Waals surface area contributed by atoms with Crippen molar-refractivity contribution in [3.8, 4) is 0 Å². The number of hydrogen-bond donors (Lipinski definition) is 2. The highest BCUT2D eigenvalue weighted by atomic mass is 16.2. The highest BCUT2D eigenvalue weighted by Gasteiger charge is 2.16. The summed E-state index contributed by atoms with van der Waals surface area (Å²) in [4.78, 5) is 17.3. The van der Waals surface area contributed by atoms with Gasteiger partial charge in [-0.2, -0.15) is 0 Å². The zero-order chi connectivity index (χ0) is 19.2. The number of nitrogens with zero attached hydrogens (tertiary/aromatic N) is 1. The van der Waals surface area contributed by atoms with E-state index < -0.39 is 0 Å². The Kier molecular flexibility index (Phi) is 5.99. The van der Waals surface area contributed by atoms with Gasteiger partial charge in [-0.15, -0.1) is 0 Å². The predicted molar refractivity (Wildman–Crippen MR) is 112 cm³/mol. The minimum absolute atomic E-state index is 0.0300. The van der Waals surface area contributed by atoms with Gasteiger partial charge in [-0.25, -0.2) is 0 Å². The molecule has 0 aliphatic heterocycles. The fourth-order valence-electron chi connectivity index (χ4n) is 3.12. The van der Waals surface area contributed by atoms with Crippen molar-refractivity contribution in [3.05, 3.63) is 71.4 Å². The summed E-state index contributed by atoms with van der Waals surface area (Å²) < 4.78 is 0. The average Bonchev–Trinajstić information content (AvgIpc) is 2.68. The van der Waals surface area contributed by atoms with Crippen molar-refractivity contribution in [1.82, 2.24) is 4.98 Å². The fraction of sp³-hybridized carbons (Fsp3) is 0.217. The molecule has 138 valence electrons. The quantitative estimate of drug-likeness (QED) is 0.563. The Labute approximate surface area is 159 Å². The fourth-order valence-corrected chi connectivity index (χ4v) is 3.12. The van der Waals surface area contributed by atoms with Crippen molar-refractivity contribution >= 4 is 34.1 Å². The van der Waals surface area contributed by atoms with Gasteiger partial charge >= 0.3 is 0 Å². The van der Waals surface area contributed by atoms with Gasteiger partial charge in [0.05, 0.1) is 23.4 Å². The first-order valence-electron chi connectivity index (χ1n) is 9.20. The summed E-state index contributed by atoms with van der Waals surface area (Å²) in [5.74, 6) is 0.0827. The van der Waals surface area contributed by atoms with E-state index in [4.69, 9.17) is 5.11 Å². The van der Waals surface area contributed by atoms with Crippen LogP contribution < -0.4 is 5.32 Å². The predicted octanol–water partition coefficient (Wildman–Crippen LogP) is 5.28. The highest BCUT2D eigenvalue weighted by molar-refractivity contribution is 6.10. The number of benzene rings is 2. The number of rotatable bonds is 7. The Bertz CT molecular complexity index is 993. The number of hydrogen-bond acceptors (Lipinski definition) is 4. The maximum absolute atomic E-state index is 12.7. The smallest absolute Gasteiger partial charge is 0.166 e. The second kappa shape index (κ2) is 8.60. The molecule has 27 heavy (non-hydrogen) atoms. The van der Waals surface area contributed by atoms with E-state index >= 15 is 0 Å². The number of Topliss-reactive ketones (excluding diaryl/α,β-unsaturated/α-hetero) is 1. The van der Waals surface area contributed by atoms with Gasteiger partial charge in [-0.05, 0) is 25.0 Å². The van der Waals surface area contributed by atoms with Crippen LogP contribution in [0.5, 0.6) is 0 Å². The number of aliphatic hydroxyl groups excluding tert-OH is 1.